The fourth-order valence-electron chi connectivity index (χ4n) is 3.84. The fraction of sp³-hybridized carbons (Fsp3) is 0.647. The van der Waals surface area contributed by atoms with E-state index >= 15 is 0 Å². The third-order valence-electron chi connectivity index (χ3n) is 4.98. The van der Waals surface area contributed by atoms with Gasteiger partial charge in [0.05, 0.1) is 13.2 Å². The summed E-state index contributed by atoms with van der Waals surface area (Å²) >= 11 is 0. The molecule has 1 aromatic rings. The van der Waals surface area contributed by atoms with Crippen LogP contribution in [0.4, 0.5) is 4.39 Å². The van der Waals surface area contributed by atoms with Crippen molar-refractivity contribution in [2.24, 2.45) is 5.73 Å². The van der Waals surface area contributed by atoms with E-state index in [0.717, 1.165) is 25.9 Å². The molecule has 1 aromatic carbocycles. The Labute approximate surface area is 127 Å². The van der Waals surface area contributed by atoms with E-state index in [4.69, 9.17) is 10.5 Å². The monoisotopic (exact) mass is 294 g/mol. The minimum Gasteiger partial charge on any atom is -0.497 e. The van der Waals surface area contributed by atoms with Gasteiger partial charge in [0.1, 0.15) is 11.6 Å². The first-order valence-corrected chi connectivity index (χ1v) is 7.93. The Morgan fingerprint density at radius 2 is 1.90 bits per heavy atom. The second-order valence-electron chi connectivity index (χ2n) is 5.85. The summed E-state index contributed by atoms with van der Waals surface area (Å²) in [5.74, 6) is 0.270. The van der Waals surface area contributed by atoms with E-state index in [1.54, 1.807) is 19.2 Å². The molecule has 2 rings (SSSR count). The van der Waals surface area contributed by atoms with E-state index in [1.165, 1.54) is 18.9 Å². The van der Waals surface area contributed by atoms with Crippen molar-refractivity contribution in [3.8, 4) is 5.75 Å². The van der Waals surface area contributed by atoms with Gasteiger partial charge in [-0.3, -0.25) is 4.90 Å². The van der Waals surface area contributed by atoms with Gasteiger partial charge in [-0.15, -0.1) is 0 Å². The molecule has 118 valence electrons. The molecule has 0 aromatic heterocycles. The average Bonchev–Trinajstić information content (AvgIpc) is 2.98. The molecular weight excluding hydrogens is 267 g/mol. The molecule has 1 aliphatic rings. The van der Waals surface area contributed by atoms with E-state index in [9.17, 15) is 4.39 Å². The van der Waals surface area contributed by atoms with Gasteiger partial charge in [0.15, 0.2) is 0 Å². The normalized spacial score (nSPS) is 19.0. The molecule has 4 heteroatoms. The van der Waals surface area contributed by atoms with Crippen molar-refractivity contribution in [3.63, 3.8) is 0 Å². The van der Waals surface area contributed by atoms with Crippen LogP contribution in [0.15, 0.2) is 18.2 Å². The zero-order chi connectivity index (χ0) is 15.5. The Morgan fingerprint density at radius 3 is 2.38 bits per heavy atom. The van der Waals surface area contributed by atoms with Crippen LogP contribution >= 0.6 is 0 Å². The lowest BCUT2D eigenvalue weighted by Gasteiger charge is -2.45. The highest BCUT2D eigenvalue weighted by Crippen LogP contribution is 2.44. The number of hydrogen-bond acceptors (Lipinski definition) is 3. The summed E-state index contributed by atoms with van der Waals surface area (Å²) in [6.45, 7) is 6.20. The molecular formula is C17H27FN2O. The minimum absolute atomic E-state index is 0.112. The topological polar surface area (TPSA) is 38.5 Å². The minimum atomic E-state index is -0.300. The van der Waals surface area contributed by atoms with E-state index in [0.29, 0.717) is 11.3 Å². The molecule has 0 saturated heterocycles. The van der Waals surface area contributed by atoms with Gasteiger partial charge in [0, 0.05) is 17.2 Å². The Bertz CT molecular complexity index is 468. The predicted molar refractivity (Wildman–Crippen MR) is 84.0 cm³/mol. The Balaban J connectivity index is 2.37. The van der Waals surface area contributed by atoms with Crippen LogP contribution in [0.1, 0.15) is 51.1 Å². The first kappa shape index (κ1) is 16.2. The third kappa shape index (κ3) is 2.92. The van der Waals surface area contributed by atoms with Crippen molar-refractivity contribution in [2.45, 2.75) is 51.1 Å². The molecule has 0 bridgehead atoms. The van der Waals surface area contributed by atoms with Crippen LogP contribution in [-0.2, 0) is 0 Å². The van der Waals surface area contributed by atoms with Gasteiger partial charge in [-0.1, -0.05) is 32.8 Å². The van der Waals surface area contributed by atoms with Gasteiger partial charge < -0.3 is 10.5 Å². The Kier molecular flexibility index (Phi) is 5.22. The lowest BCUT2D eigenvalue weighted by Crippen LogP contribution is -2.53. The van der Waals surface area contributed by atoms with Crippen LogP contribution < -0.4 is 10.5 Å². The molecule has 1 unspecified atom stereocenters. The summed E-state index contributed by atoms with van der Waals surface area (Å²) in [5, 5.41) is 0. The average molecular weight is 294 g/mol. The van der Waals surface area contributed by atoms with E-state index < -0.39 is 0 Å². The molecule has 0 radical (unpaired) electrons. The molecule has 0 heterocycles. The molecule has 21 heavy (non-hydrogen) atoms. The number of ether oxygens (including phenoxy) is 1. The van der Waals surface area contributed by atoms with Crippen molar-refractivity contribution >= 4 is 0 Å². The van der Waals surface area contributed by atoms with Crippen molar-refractivity contribution in [3.05, 3.63) is 29.6 Å². The number of hydrogen-bond donors (Lipinski definition) is 1. The van der Waals surface area contributed by atoms with Crippen LogP contribution in [0.5, 0.6) is 5.75 Å². The standard InChI is InChI=1S/C17H27FN2O/c1-4-20(5-2)17(10-6-7-11-17)16(19)14-9-8-13(21-3)12-15(14)18/h8-9,12,16H,4-7,10-11,19H2,1-3H3. The molecule has 1 aliphatic carbocycles. The van der Waals surface area contributed by atoms with Gasteiger partial charge in [0.25, 0.3) is 0 Å². The lowest BCUT2D eigenvalue weighted by molar-refractivity contribution is 0.0758. The van der Waals surface area contributed by atoms with Crippen molar-refractivity contribution in [2.75, 3.05) is 20.2 Å². The highest BCUT2D eigenvalue weighted by molar-refractivity contribution is 5.33. The van der Waals surface area contributed by atoms with E-state index in [2.05, 4.69) is 18.7 Å². The quantitative estimate of drug-likeness (QED) is 0.873. The summed E-state index contributed by atoms with van der Waals surface area (Å²) < 4.78 is 19.5. The highest BCUT2D eigenvalue weighted by atomic mass is 19.1. The van der Waals surface area contributed by atoms with Crippen molar-refractivity contribution < 1.29 is 9.13 Å². The van der Waals surface area contributed by atoms with Crippen LogP contribution in [0, 0.1) is 5.82 Å². The summed E-state index contributed by atoms with van der Waals surface area (Å²) in [4.78, 5) is 2.41. The van der Waals surface area contributed by atoms with Gasteiger partial charge >= 0.3 is 0 Å². The zero-order valence-electron chi connectivity index (χ0n) is 13.4. The summed E-state index contributed by atoms with van der Waals surface area (Å²) in [7, 11) is 1.54. The van der Waals surface area contributed by atoms with Crippen molar-refractivity contribution in [1.82, 2.24) is 4.90 Å². The zero-order valence-corrected chi connectivity index (χ0v) is 13.4. The van der Waals surface area contributed by atoms with Crippen LogP contribution in [-0.4, -0.2) is 30.6 Å². The second-order valence-corrected chi connectivity index (χ2v) is 5.85. The maximum atomic E-state index is 14.4. The maximum Gasteiger partial charge on any atom is 0.131 e. The molecule has 0 aliphatic heterocycles. The number of nitrogens with two attached hydrogens (primary N) is 1. The van der Waals surface area contributed by atoms with Crippen LogP contribution in [0.25, 0.3) is 0 Å². The number of nitrogens with zero attached hydrogens (tertiary/aromatic N) is 1. The molecule has 0 amide bonds. The SMILES string of the molecule is CCN(CC)C1(C(N)c2ccc(OC)cc2F)CCCC1. The first-order valence-electron chi connectivity index (χ1n) is 7.93. The highest BCUT2D eigenvalue weighted by Gasteiger charge is 2.44. The smallest absolute Gasteiger partial charge is 0.131 e. The third-order valence-corrected chi connectivity index (χ3v) is 4.98. The summed E-state index contributed by atoms with van der Waals surface area (Å²) in [6, 6.07) is 4.71. The molecule has 0 spiro atoms. The van der Waals surface area contributed by atoms with Gasteiger partial charge in [-0.2, -0.15) is 0 Å². The predicted octanol–water partition coefficient (Wildman–Crippen LogP) is 3.49. The number of halogens is 1. The second kappa shape index (κ2) is 6.75. The molecule has 1 fully saturated rings. The van der Waals surface area contributed by atoms with E-state index in [1.807, 2.05) is 0 Å². The lowest BCUT2D eigenvalue weighted by atomic mass is 9.82. The van der Waals surface area contributed by atoms with Gasteiger partial charge in [-0.05, 0) is 32.0 Å². The van der Waals surface area contributed by atoms with Gasteiger partial charge in [-0.25, -0.2) is 4.39 Å². The maximum absolute atomic E-state index is 14.4. The molecule has 2 N–H and O–H groups in total. The number of rotatable bonds is 6. The van der Waals surface area contributed by atoms with Crippen LogP contribution in [0.2, 0.25) is 0 Å². The number of methoxy groups -OCH3 is 1. The molecule has 1 atom stereocenters. The summed E-state index contributed by atoms with van der Waals surface area (Å²) in [5.41, 5.74) is 7.05. The van der Waals surface area contributed by atoms with Crippen LogP contribution in [0.3, 0.4) is 0 Å². The largest absolute Gasteiger partial charge is 0.497 e. The fourth-order valence-corrected chi connectivity index (χ4v) is 3.84. The van der Waals surface area contributed by atoms with E-state index in [-0.39, 0.29) is 17.4 Å². The Morgan fingerprint density at radius 1 is 1.29 bits per heavy atom. The first-order chi connectivity index (χ1) is 10.1. The summed E-state index contributed by atoms with van der Waals surface area (Å²) in [6.07, 6.45) is 4.42. The molecule has 1 saturated carbocycles. The molecule has 3 nitrogen and oxygen atoms in total. The number of likely N-dealkylation sites (N-methyl/N-ethyl adjacent to an activating group) is 1. The van der Waals surface area contributed by atoms with Crippen molar-refractivity contribution in [1.29, 1.82) is 0 Å². The number of benzene rings is 1. The van der Waals surface area contributed by atoms with Gasteiger partial charge in [0.2, 0.25) is 0 Å². The Hall–Kier alpha value is -1.13.